The Kier molecular flexibility index (Phi) is 6.14. The summed E-state index contributed by atoms with van der Waals surface area (Å²) in [4.78, 5) is 20.3. The van der Waals surface area contributed by atoms with Gasteiger partial charge in [0.05, 0.1) is 0 Å². The first kappa shape index (κ1) is 17.7. The molecule has 8 heteroatoms. The average Bonchev–Trinajstić information content (AvgIpc) is 2.54. The van der Waals surface area contributed by atoms with Crippen molar-refractivity contribution in [2.45, 2.75) is 13.3 Å². The highest BCUT2D eigenvalue weighted by molar-refractivity contribution is 5.92. The molecule has 128 valence electrons. The Bertz CT molecular complexity index is 725. The maximum atomic E-state index is 13.2. The topological polar surface area (TPSA) is 76.1 Å². The number of hydrogen-bond acceptors (Lipinski definition) is 5. The number of halogens is 2. The van der Waals surface area contributed by atoms with Crippen LogP contribution in [-0.2, 0) is 4.74 Å². The van der Waals surface area contributed by atoms with Crippen molar-refractivity contribution in [2.75, 3.05) is 25.6 Å². The number of aromatic nitrogens is 2. The van der Waals surface area contributed by atoms with Gasteiger partial charge in [0.1, 0.15) is 5.69 Å². The third kappa shape index (κ3) is 4.95. The summed E-state index contributed by atoms with van der Waals surface area (Å²) in [5.74, 6) is -2.14. The number of ether oxygens (including phenoxy) is 1. The summed E-state index contributed by atoms with van der Waals surface area (Å²) < 4.78 is 31.1. The van der Waals surface area contributed by atoms with E-state index in [1.807, 2.05) is 0 Å². The van der Waals surface area contributed by atoms with Crippen molar-refractivity contribution in [3.63, 3.8) is 0 Å². The molecule has 0 saturated heterocycles. The number of methoxy groups -OCH3 is 1. The normalized spacial score (nSPS) is 10.5. The molecule has 2 rings (SSSR count). The smallest absolute Gasteiger partial charge is 0.270 e. The number of carbonyl (C=O) groups excluding carboxylic acids is 1. The molecule has 1 heterocycles. The molecule has 0 aliphatic carbocycles. The minimum Gasteiger partial charge on any atom is -0.385 e. The van der Waals surface area contributed by atoms with Crippen molar-refractivity contribution in [3.8, 4) is 0 Å². The molecule has 2 N–H and O–H groups in total. The first-order chi connectivity index (χ1) is 11.5. The predicted octanol–water partition coefficient (Wildman–Crippen LogP) is 2.57. The van der Waals surface area contributed by atoms with E-state index in [9.17, 15) is 13.6 Å². The number of anilines is 2. The molecule has 1 aromatic carbocycles. The summed E-state index contributed by atoms with van der Waals surface area (Å²) in [6.07, 6.45) is 0.687. The second-order valence-corrected chi connectivity index (χ2v) is 5.07. The van der Waals surface area contributed by atoms with E-state index < -0.39 is 11.6 Å². The van der Waals surface area contributed by atoms with Crippen molar-refractivity contribution in [1.82, 2.24) is 15.3 Å². The van der Waals surface area contributed by atoms with Gasteiger partial charge in [-0.25, -0.2) is 18.7 Å². The molecular weight excluding hydrogens is 318 g/mol. The van der Waals surface area contributed by atoms with E-state index >= 15 is 0 Å². The molecule has 0 spiro atoms. The first-order valence-corrected chi connectivity index (χ1v) is 7.34. The summed E-state index contributed by atoms with van der Waals surface area (Å²) >= 11 is 0. The Labute approximate surface area is 138 Å². The largest absolute Gasteiger partial charge is 0.385 e. The van der Waals surface area contributed by atoms with Crippen LogP contribution in [0.15, 0.2) is 24.3 Å². The van der Waals surface area contributed by atoms with Gasteiger partial charge in [0, 0.05) is 37.7 Å². The van der Waals surface area contributed by atoms with E-state index in [1.54, 1.807) is 20.1 Å². The van der Waals surface area contributed by atoms with E-state index in [0.29, 0.717) is 25.3 Å². The molecule has 0 unspecified atom stereocenters. The van der Waals surface area contributed by atoms with Crippen LogP contribution in [0.1, 0.15) is 22.6 Å². The van der Waals surface area contributed by atoms with Crippen LogP contribution in [0, 0.1) is 18.6 Å². The Hall–Kier alpha value is -2.61. The standard InChI is InChI=1S/C16H18F2N4O2/c1-10-8-14(15(23)19-6-3-7-24-2)22-16(20-10)21-11-4-5-12(17)13(18)9-11/h4-5,8-9H,3,6-7H2,1-2H3,(H,19,23)(H,20,21,22). The lowest BCUT2D eigenvalue weighted by molar-refractivity contribution is 0.0943. The van der Waals surface area contributed by atoms with Gasteiger partial charge in [0.25, 0.3) is 5.91 Å². The van der Waals surface area contributed by atoms with Crippen molar-refractivity contribution in [1.29, 1.82) is 0 Å². The van der Waals surface area contributed by atoms with Crippen molar-refractivity contribution < 1.29 is 18.3 Å². The number of amides is 1. The van der Waals surface area contributed by atoms with E-state index in [1.165, 1.54) is 6.07 Å². The molecular formula is C16H18F2N4O2. The highest BCUT2D eigenvalue weighted by atomic mass is 19.2. The Morgan fingerprint density at radius 2 is 2.00 bits per heavy atom. The van der Waals surface area contributed by atoms with Crippen LogP contribution in [0.5, 0.6) is 0 Å². The second kappa shape index (κ2) is 8.30. The van der Waals surface area contributed by atoms with Gasteiger partial charge in [-0.05, 0) is 31.5 Å². The van der Waals surface area contributed by atoms with Crippen LogP contribution in [-0.4, -0.2) is 36.1 Å². The minimum atomic E-state index is -0.983. The zero-order valence-corrected chi connectivity index (χ0v) is 13.4. The molecule has 0 saturated carbocycles. The molecule has 1 amide bonds. The molecule has 6 nitrogen and oxygen atoms in total. The number of benzene rings is 1. The molecule has 24 heavy (non-hydrogen) atoms. The van der Waals surface area contributed by atoms with Gasteiger partial charge in [0.15, 0.2) is 11.6 Å². The van der Waals surface area contributed by atoms with Gasteiger partial charge >= 0.3 is 0 Å². The molecule has 0 aliphatic rings. The fraction of sp³-hybridized carbons (Fsp3) is 0.312. The maximum Gasteiger partial charge on any atom is 0.270 e. The van der Waals surface area contributed by atoms with Crippen LogP contribution < -0.4 is 10.6 Å². The fourth-order valence-electron chi connectivity index (χ4n) is 1.95. The number of aryl methyl sites for hydroxylation is 1. The summed E-state index contributed by atoms with van der Waals surface area (Å²) in [5.41, 5.74) is 1.04. The maximum absolute atomic E-state index is 13.2. The van der Waals surface area contributed by atoms with E-state index in [0.717, 1.165) is 12.1 Å². The molecule has 1 aromatic heterocycles. The quantitative estimate of drug-likeness (QED) is 0.760. The lowest BCUT2D eigenvalue weighted by atomic mass is 10.3. The van der Waals surface area contributed by atoms with Gasteiger partial charge in [-0.1, -0.05) is 0 Å². The van der Waals surface area contributed by atoms with Crippen LogP contribution in [0.25, 0.3) is 0 Å². The van der Waals surface area contributed by atoms with Crippen molar-refractivity contribution in [2.24, 2.45) is 0 Å². The summed E-state index contributed by atoms with van der Waals surface area (Å²) in [5, 5.41) is 5.48. The van der Waals surface area contributed by atoms with E-state index in [4.69, 9.17) is 4.74 Å². The second-order valence-electron chi connectivity index (χ2n) is 5.07. The first-order valence-electron chi connectivity index (χ1n) is 7.34. The Morgan fingerprint density at radius 1 is 1.21 bits per heavy atom. The summed E-state index contributed by atoms with van der Waals surface area (Å²) in [6.45, 7) is 2.72. The number of hydrogen-bond donors (Lipinski definition) is 2. The summed E-state index contributed by atoms with van der Waals surface area (Å²) in [7, 11) is 1.59. The predicted molar refractivity (Wildman–Crippen MR) is 85.2 cm³/mol. The van der Waals surface area contributed by atoms with E-state index in [-0.39, 0.29) is 23.2 Å². The highest BCUT2D eigenvalue weighted by Gasteiger charge is 2.11. The molecule has 0 atom stereocenters. The highest BCUT2D eigenvalue weighted by Crippen LogP contribution is 2.17. The third-order valence-electron chi connectivity index (χ3n) is 3.07. The number of nitrogens with zero attached hydrogens (tertiary/aromatic N) is 2. The van der Waals surface area contributed by atoms with Crippen molar-refractivity contribution >= 4 is 17.5 Å². The van der Waals surface area contributed by atoms with Gasteiger partial charge in [0.2, 0.25) is 5.95 Å². The van der Waals surface area contributed by atoms with Crippen molar-refractivity contribution in [3.05, 3.63) is 47.3 Å². The zero-order valence-electron chi connectivity index (χ0n) is 13.4. The van der Waals surface area contributed by atoms with Crippen LogP contribution in [0.4, 0.5) is 20.4 Å². The number of carbonyl (C=O) groups is 1. The molecule has 0 aliphatic heterocycles. The minimum absolute atomic E-state index is 0.128. The van der Waals surface area contributed by atoms with Gasteiger partial charge in [-0.3, -0.25) is 4.79 Å². The monoisotopic (exact) mass is 336 g/mol. The molecule has 0 radical (unpaired) electrons. The molecule has 2 aromatic rings. The molecule has 0 bridgehead atoms. The number of nitrogens with one attached hydrogen (secondary N) is 2. The van der Waals surface area contributed by atoms with Gasteiger partial charge < -0.3 is 15.4 Å². The van der Waals surface area contributed by atoms with Crippen LogP contribution in [0.2, 0.25) is 0 Å². The zero-order chi connectivity index (χ0) is 17.5. The fourth-order valence-corrected chi connectivity index (χ4v) is 1.95. The van der Waals surface area contributed by atoms with Crippen LogP contribution in [0.3, 0.4) is 0 Å². The third-order valence-corrected chi connectivity index (χ3v) is 3.07. The Balaban J connectivity index is 2.10. The van der Waals surface area contributed by atoms with Gasteiger partial charge in [-0.15, -0.1) is 0 Å². The van der Waals surface area contributed by atoms with Crippen LogP contribution >= 0.6 is 0 Å². The SMILES string of the molecule is COCCCNC(=O)c1cc(C)nc(Nc2ccc(F)c(F)c2)n1. The molecule has 0 fully saturated rings. The average molecular weight is 336 g/mol. The lowest BCUT2D eigenvalue weighted by Gasteiger charge is -2.09. The lowest BCUT2D eigenvalue weighted by Crippen LogP contribution is -2.26. The summed E-state index contributed by atoms with van der Waals surface area (Å²) in [6, 6.07) is 4.89. The number of rotatable bonds is 7. The van der Waals surface area contributed by atoms with Gasteiger partial charge in [-0.2, -0.15) is 0 Å². The Morgan fingerprint density at radius 3 is 2.71 bits per heavy atom. The van der Waals surface area contributed by atoms with E-state index in [2.05, 4.69) is 20.6 Å².